The number of aromatic nitrogens is 2. The van der Waals surface area contributed by atoms with Crippen molar-refractivity contribution in [3.05, 3.63) is 11.9 Å². The highest BCUT2D eigenvalue weighted by Gasteiger charge is 2.30. The van der Waals surface area contributed by atoms with Crippen LogP contribution in [0.15, 0.2) is 6.20 Å². The number of carbonyl (C=O) groups is 2. The summed E-state index contributed by atoms with van der Waals surface area (Å²) in [4.78, 5) is 26.0. The summed E-state index contributed by atoms with van der Waals surface area (Å²) in [5.41, 5.74) is 1.71. The van der Waals surface area contributed by atoms with Crippen LogP contribution in [0.5, 0.6) is 0 Å². The van der Waals surface area contributed by atoms with Crippen LogP contribution >= 0.6 is 0 Å². The van der Waals surface area contributed by atoms with E-state index in [9.17, 15) is 9.59 Å². The number of nitrogens with zero attached hydrogens (tertiary/aromatic N) is 3. The first-order valence-electron chi connectivity index (χ1n) is 8.50. The predicted molar refractivity (Wildman–Crippen MR) is 90.1 cm³/mol. The fourth-order valence-electron chi connectivity index (χ4n) is 2.97. The van der Waals surface area contributed by atoms with Crippen LogP contribution in [-0.2, 0) is 16.1 Å². The first-order chi connectivity index (χ1) is 10.9. The molecule has 0 aliphatic carbocycles. The molecule has 1 atom stereocenters. The Morgan fingerprint density at radius 1 is 1.39 bits per heavy atom. The minimum atomic E-state index is -0.361. The van der Waals surface area contributed by atoms with E-state index in [1.54, 1.807) is 11.1 Å². The largest absolute Gasteiger partial charge is 0.331 e. The molecular formula is C17H28N4O2. The van der Waals surface area contributed by atoms with E-state index in [4.69, 9.17) is 0 Å². The highest BCUT2D eigenvalue weighted by molar-refractivity contribution is 5.97. The average Bonchev–Trinajstić information content (AvgIpc) is 2.85. The molecule has 1 aromatic heterocycles. The minimum Gasteiger partial charge on any atom is -0.331 e. The molecule has 0 aromatic carbocycles. The second-order valence-electron chi connectivity index (χ2n) is 6.76. The number of rotatable bonds is 5. The molecule has 1 fully saturated rings. The third-order valence-corrected chi connectivity index (χ3v) is 4.49. The lowest BCUT2D eigenvalue weighted by molar-refractivity contribution is -0.138. The van der Waals surface area contributed by atoms with Gasteiger partial charge in [-0.1, -0.05) is 13.8 Å². The van der Waals surface area contributed by atoms with Gasteiger partial charge in [-0.05, 0) is 38.5 Å². The first kappa shape index (κ1) is 17.5. The van der Waals surface area contributed by atoms with Gasteiger partial charge < -0.3 is 10.2 Å². The van der Waals surface area contributed by atoms with Gasteiger partial charge in [0.05, 0.1) is 17.6 Å². The molecule has 128 valence electrons. The number of carbonyl (C=O) groups excluding carboxylic acids is 2. The van der Waals surface area contributed by atoms with Gasteiger partial charge in [0.1, 0.15) is 6.04 Å². The molecule has 6 nitrogen and oxygen atoms in total. The third kappa shape index (κ3) is 4.33. The normalized spacial score (nSPS) is 18.3. The minimum absolute atomic E-state index is 0.0331. The van der Waals surface area contributed by atoms with Crippen molar-refractivity contribution in [3.63, 3.8) is 0 Å². The van der Waals surface area contributed by atoms with Crippen LogP contribution in [0, 0.1) is 12.8 Å². The molecule has 1 aromatic rings. The number of aryl methyl sites for hydroxylation is 1. The fourth-order valence-corrected chi connectivity index (χ4v) is 2.97. The summed E-state index contributed by atoms with van der Waals surface area (Å²) in [6.45, 7) is 9.37. The summed E-state index contributed by atoms with van der Waals surface area (Å²) in [5.74, 6) is 0.476. The molecular weight excluding hydrogens is 292 g/mol. The Hall–Kier alpha value is -1.85. The Bertz CT molecular complexity index is 565. The molecule has 0 bridgehead atoms. The summed E-state index contributed by atoms with van der Waals surface area (Å²) >= 11 is 0. The van der Waals surface area contributed by atoms with Gasteiger partial charge >= 0.3 is 0 Å². The van der Waals surface area contributed by atoms with Gasteiger partial charge in [0, 0.05) is 20.0 Å². The van der Waals surface area contributed by atoms with Crippen LogP contribution in [0.4, 0.5) is 5.69 Å². The van der Waals surface area contributed by atoms with E-state index >= 15 is 0 Å². The van der Waals surface area contributed by atoms with Gasteiger partial charge in [0.25, 0.3) is 0 Å². The number of amides is 2. The Morgan fingerprint density at radius 2 is 2.13 bits per heavy atom. The van der Waals surface area contributed by atoms with E-state index in [-0.39, 0.29) is 17.9 Å². The van der Waals surface area contributed by atoms with Crippen LogP contribution in [-0.4, -0.2) is 39.1 Å². The first-order valence-corrected chi connectivity index (χ1v) is 8.50. The molecule has 1 saturated heterocycles. The zero-order valence-corrected chi connectivity index (χ0v) is 14.6. The third-order valence-electron chi connectivity index (χ3n) is 4.49. The second-order valence-corrected chi connectivity index (χ2v) is 6.76. The van der Waals surface area contributed by atoms with Crippen molar-refractivity contribution >= 4 is 17.5 Å². The summed E-state index contributed by atoms with van der Waals surface area (Å²) < 4.78 is 1.93. The molecule has 1 N–H and O–H groups in total. The van der Waals surface area contributed by atoms with E-state index < -0.39 is 0 Å². The lowest BCUT2D eigenvalue weighted by atomic mass is 10.0. The number of hydrogen-bond donors (Lipinski definition) is 1. The van der Waals surface area contributed by atoms with Crippen molar-refractivity contribution in [2.75, 3.05) is 11.9 Å². The topological polar surface area (TPSA) is 67.2 Å². The van der Waals surface area contributed by atoms with E-state index in [2.05, 4.69) is 24.3 Å². The number of nitrogens with one attached hydrogen (secondary N) is 1. The quantitative estimate of drug-likeness (QED) is 0.906. The molecule has 1 aliphatic heterocycles. The van der Waals surface area contributed by atoms with Gasteiger partial charge in [-0.2, -0.15) is 5.10 Å². The maximum absolute atomic E-state index is 12.6. The fraction of sp³-hybridized carbons (Fsp3) is 0.706. The molecule has 6 heteroatoms. The van der Waals surface area contributed by atoms with E-state index in [1.165, 1.54) is 6.92 Å². The zero-order valence-electron chi connectivity index (χ0n) is 14.6. The van der Waals surface area contributed by atoms with Crippen LogP contribution in [0.3, 0.4) is 0 Å². The molecule has 2 amide bonds. The molecule has 0 spiro atoms. The van der Waals surface area contributed by atoms with Crippen LogP contribution < -0.4 is 5.32 Å². The van der Waals surface area contributed by atoms with Crippen molar-refractivity contribution in [1.29, 1.82) is 0 Å². The van der Waals surface area contributed by atoms with Crippen molar-refractivity contribution in [3.8, 4) is 0 Å². The average molecular weight is 320 g/mol. The van der Waals surface area contributed by atoms with Gasteiger partial charge in [-0.15, -0.1) is 0 Å². The Kier molecular flexibility index (Phi) is 5.80. The van der Waals surface area contributed by atoms with E-state index in [0.717, 1.165) is 43.6 Å². The van der Waals surface area contributed by atoms with Gasteiger partial charge in [0.2, 0.25) is 11.8 Å². The van der Waals surface area contributed by atoms with Gasteiger partial charge in [0.15, 0.2) is 0 Å². The van der Waals surface area contributed by atoms with Gasteiger partial charge in [-0.3, -0.25) is 14.3 Å². The highest BCUT2D eigenvalue weighted by atomic mass is 16.2. The predicted octanol–water partition coefficient (Wildman–Crippen LogP) is 2.58. The zero-order chi connectivity index (χ0) is 17.0. The number of likely N-dealkylation sites (tertiary alicyclic amines) is 1. The van der Waals surface area contributed by atoms with Crippen molar-refractivity contribution in [2.45, 2.75) is 66.0 Å². The standard InChI is InChI=1S/C17H28N4O2/c1-12(2)8-10-21-13(3)15(11-18-21)19-17(23)16-7-5-6-9-20(16)14(4)22/h11-12,16H,5-10H2,1-4H3,(H,19,23). The Morgan fingerprint density at radius 3 is 2.78 bits per heavy atom. The van der Waals surface area contributed by atoms with Crippen LogP contribution in [0.2, 0.25) is 0 Å². The molecule has 2 rings (SSSR count). The molecule has 23 heavy (non-hydrogen) atoms. The maximum Gasteiger partial charge on any atom is 0.247 e. The lowest BCUT2D eigenvalue weighted by Crippen LogP contribution is -2.49. The number of hydrogen-bond acceptors (Lipinski definition) is 3. The molecule has 2 heterocycles. The van der Waals surface area contributed by atoms with E-state index in [1.807, 2.05) is 11.6 Å². The van der Waals surface area contributed by atoms with Crippen molar-refractivity contribution < 1.29 is 9.59 Å². The molecule has 1 aliphatic rings. The maximum atomic E-state index is 12.6. The number of anilines is 1. The smallest absolute Gasteiger partial charge is 0.247 e. The summed E-state index contributed by atoms with van der Waals surface area (Å²) in [6.07, 6.45) is 5.43. The summed E-state index contributed by atoms with van der Waals surface area (Å²) in [7, 11) is 0. The SMILES string of the molecule is CC(=O)N1CCCCC1C(=O)Nc1cnn(CCC(C)C)c1C. The van der Waals surface area contributed by atoms with E-state index in [0.29, 0.717) is 12.5 Å². The Labute approximate surface area is 138 Å². The summed E-state index contributed by atoms with van der Waals surface area (Å²) in [5, 5.41) is 7.32. The monoisotopic (exact) mass is 320 g/mol. The van der Waals surface area contributed by atoms with Crippen molar-refractivity contribution in [2.24, 2.45) is 5.92 Å². The van der Waals surface area contributed by atoms with Crippen molar-refractivity contribution in [1.82, 2.24) is 14.7 Å². The van der Waals surface area contributed by atoms with Crippen LogP contribution in [0.25, 0.3) is 0 Å². The second kappa shape index (κ2) is 7.62. The summed E-state index contributed by atoms with van der Waals surface area (Å²) in [6, 6.07) is -0.361. The molecule has 0 radical (unpaired) electrons. The highest BCUT2D eigenvalue weighted by Crippen LogP contribution is 2.21. The van der Waals surface area contributed by atoms with Crippen LogP contribution in [0.1, 0.15) is 52.1 Å². The lowest BCUT2D eigenvalue weighted by Gasteiger charge is -2.33. The van der Waals surface area contributed by atoms with Gasteiger partial charge in [-0.25, -0.2) is 0 Å². The molecule has 1 unspecified atom stereocenters. The number of piperidine rings is 1. The Balaban J connectivity index is 2.03. The molecule has 0 saturated carbocycles.